The van der Waals surface area contributed by atoms with Gasteiger partial charge in [0.15, 0.2) is 0 Å². The molecule has 0 saturated heterocycles. The minimum Gasteiger partial charge on any atom is -0.348 e. The lowest BCUT2D eigenvalue weighted by molar-refractivity contribution is 0.354. The van der Waals surface area contributed by atoms with Crippen LogP contribution < -0.4 is 5.73 Å². The van der Waals surface area contributed by atoms with Gasteiger partial charge in [0.05, 0.1) is 12.4 Å². The van der Waals surface area contributed by atoms with Crippen LogP contribution in [0.5, 0.6) is 0 Å². The number of nitrogens with one attached hydrogen (secondary N) is 1. The normalized spacial score (nSPS) is 11.6. The molecular weight excluding hydrogens is 266 g/mol. The minimum atomic E-state index is -0.342. The average Bonchev–Trinajstić information content (AvgIpc) is 3.21. The summed E-state index contributed by atoms with van der Waals surface area (Å²) in [6.45, 7) is 4.00. The highest BCUT2D eigenvalue weighted by Crippen LogP contribution is 2.18. The standard InChI is InChI=1S/C13H13N5O.C2H6/c14-11(6-10-7-15-8-16-10)13-17-12(18-19-13)9-4-2-1-3-5-9;1-2/h1-5,7-8,11H,6,14H2,(H,15,16);1-2H3. The van der Waals surface area contributed by atoms with Crippen molar-refractivity contribution in [2.45, 2.75) is 26.3 Å². The van der Waals surface area contributed by atoms with Gasteiger partial charge in [-0.05, 0) is 0 Å². The third kappa shape index (κ3) is 3.76. The fraction of sp³-hybridized carbons (Fsp3) is 0.267. The summed E-state index contributed by atoms with van der Waals surface area (Å²) in [6, 6.07) is 9.30. The quantitative estimate of drug-likeness (QED) is 0.768. The van der Waals surface area contributed by atoms with Crippen molar-refractivity contribution in [2.24, 2.45) is 5.73 Å². The Morgan fingerprint density at radius 3 is 2.67 bits per heavy atom. The first-order valence-corrected chi connectivity index (χ1v) is 6.95. The fourth-order valence-electron chi connectivity index (χ4n) is 1.81. The molecule has 2 aromatic heterocycles. The molecule has 0 spiro atoms. The maximum atomic E-state index is 6.03. The van der Waals surface area contributed by atoms with E-state index in [1.165, 1.54) is 0 Å². The van der Waals surface area contributed by atoms with Crippen LogP contribution in [-0.2, 0) is 6.42 Å². The maximum absolute atomic E-state index is 6.03. The van der Waals surface area contributed by atoms with Crippen LogP contribution in [0.25, 0.3) is 11.4 Å². The van der Waals surface area contributed by atoms with Crippen LogP contribution in [0, 0.1) is 0 Å². The Morgan fingerprint density at radius 1 is 1.24 bits per heavy atom. The molecule has 1 unspecified atom stereocenters. The summed E-state index contributed by atoms with van der Waals surface area (Å²) < 4.78 is 5.21. The first kappa shape index (κ1) is 14.9. The highest BCUT2D eigenvalue weighted by Gasteiger charge is 2.16. The van der Waals surface area contributed by atoms with Gasteiger partial charge in [-0.25, -0.2) is 4.98 Å². The molecule has 110 valence electrons. The molecule has 0 radical (unpaired) electrons. The maximum Gasteiger partial charge on any atom is 0.244 e. The number of imidazole rings is 1. The molecule has 0 amide bonds. The van der Waals surface area contributed by atoms with Crippen LogP contribution in [0.15, 0.2) is 47.4 Å². The Kier molecular flexibility index (Phi) is 5.22. The summed E-state index contributed by atoms with van der Waals surface area (Å²) in [5.74, 6) is 0.976. The Hall–Kier alpha value is -2.47. The predicted molar refractivity (Wildman–Crippen MR) is 80.3 cm³/mol. The van der Waals surface area contributed by atoms with Crippen molar-refractivity contribution in [1.29, 1.82) is 0 Å². The van der Waals surface area contributed by atoms with Gasteiger partial charge >= 0.3 is 0 Å². The van der Waals surface area contributed by atoms with E-state index in [0.717, 1.165) is 11.3 Å². The van der Waals surface area contributed by atoms with Gasteiger partial charge in [-0.15, -0.1) is 0 Å². The molecule has 1 aromatic carbocycles. The molecule has 6 heteroatoms. The molecule has 3 rings (SSSR count). The van der Waals surface area contributed by atoms with Gasteiger partial charge in [0.2, 0.25) is 11.7 Å². The molecule has 21 heavy (non-hydrogen) atoms. The molecule has 0 aliphatic heterocycles. The van der Waals surface area contributed by atoms with Gasteiger partial charge in [0.25, 0.3) is 0 Å². The molecule has 0 aliphatic rings. The second kappa shape index (κ2) is 7.35. The molecule has 0 fully saturated rings. The van der Waals surface area contributed by atoms with Gasteiger partial charge in [0.1, 0.15) is 0 Å². The Labute approximate surface area is 123 Å². The van der Waals surface area contributed by atoms with E-state index in [2.05, 4.69) is 20.1 Å². The molecule has 1 atom stereocenters. The molecule has 0 saturated carbocycles. The first-order chi connectivity index (χ1) is 10.3. The van der Waals surface area contributed by atoms with Crippen LogP contribution >= 0.6 is 0 Å². The average molecular weight is 285 g/mol. The number of hydrogen-bond acceptors (Lipinski definition) is 5. The summed E-state index contributed by atoms with van der Waals surface area (Å²) in [6.07, 6.45) is 3.93. The number of H-pyrrole nitrogens is 1. The molecule has 3 N–H and O–H groups in total. The number of rotatable bonds is 4. The highest BCUT2D eigenvalue weighted by atomic mass is 16.5. The summed E-state index contributed by atoms with van der Waals surface area (Å²) >= 11 is 0. The SMILES string of the molecule is CC.NC(Cc1cnc[nH]1)c1nc(-c2ccccc2)no1. The zero-order chi connectivity index (χ0) is 15.1. The number of hydrogen-bond donors (Lipinski definition) is 2. The van der Waals surface area contributed by atoms with Crippen LogP contribution in [-0.4, -0.2) is 20.1 Å². The molecule has 0 aliphatic carbocycles. The van der Waals surface area contributed by atoms with E-state index in [4.69, 9.17) is 10.3 Å². The van der Waals surface area contributed by atoms with E-state index in [1.54, 1.807) is 12.5 Å². The van der Waals surface area contributed by atoms with E-state index in [-0.39, 0.29) is 6.04 Å². The van der Waals surface area contributed by atoms with Gasteiger partial charge in [-0.1, -0.05) is 49.3 Å². The van der Waals surface area contributed by atoms with Crippen molar-refractivity contribution in [3.63, 3.8) is 0 Å². The van der Waals surface area contributed by atoms with Crippen LogP contribution in [0.1, 0.15) is 31.5 Å². The Morgan fingerprint density at radius 2 is 2.00 bits per heavy atom. The highest BCUT2D eigenvalue weighted by molar-refractivity contribution is 5.53. The molecular formula is C15H19N5O. The van der Waals surface area contributed by atoms with E-state index in [0.29, 0.717) is 18.1 Å². The minimum absolute atomic E-state index is 0.342. The van der Waals surface area contributed by atoms with E-state index < -0.39 is 0 Å². The van der Waals surface area contributed by atoms with Crippen molar-refractivity contribution in [3.8, 4) is 11.4 Å². The van der Waals surface area contributed by atoms with Gasteiger partial charge in [-0.3, -0.25) is 0 Å². The summed E-state index contributed by atoms with van der Waals surface area (Å²) in [5, 5.41) is 3.94. The summed E-state index contributed by atoms with van der Waals surface area (Å²) in [5.41, 5.74) is 7.88. The number of nitrogens with two attached hydrogens (primary N) is 1. The zero-order valence-electron chi connectivity index (χ0n) is 12.2. The van der Waals surface area contributed by atoms with Crippen molar-refractivity contribution < 1.29 is 4.52 Å². The molecule has 6 nitrogen and oxygen atoms in total. The number of nitrogens with zero attached hydrogens (tertiary/aromatic N) is 3. The third-order valence-electron chi connectivity index (χ3n) is 2.79. The second-order valence-corrected chi connectivity index (χ2v) is 4.21. The van der Waals surface area contributed by atoms with Crippen LogP contribution in [0.4, 0.5) is 0 Å². The van der Waals surface area contributed by atoms with Crippen molar-refractivity contribution in [2.75, 3.05) is 0 Å². The smallest absolute Gasteiger partial charge is 0.244 e. The lowest BCUT2D eigenvalue weighted by Crippen LogP contribution is -2.13. The Bertz CT molecular complexity index is 633. The summed E-state index contributed by atoms with van der Waals surface area (Å²) in [7, 11) is 0. The van der Waals surface area contributed by atoms with Gasteiger partial charge in [0, 0.05) is 23.9 Å². The summed E-state index contributed by atoms with van der Waals surface area (Å²) in [4.78, 5) is 11.3. The lowest BCUT2D eigenvalue weighted by Gasteiger charge is -2.03. The van der Waals surface area contributed by atoms with E-state index in [1.807, 2.05) is 44.2 Å². The van der Waals surface area contributed by atoms with Crippen molar-refractivity contribution >= 4 is 0 Å². The van der Waals surface area contributed by atoms with Crippen LogP contribution in [0.3, 0.4) is 0 Å². The first-order valence-electron chi connectivity index (χ1n) is 6.95. The van der Waals surface area contributed by atoms with Crippen molar-refractivity contribution in [3.05, 3.63) is 54.4 Å². The van der Waals surface area contributed by atoms with E-state index >= 15 is 0 Å². The number of aromatic nitrogens is 4. The van der Waals surface area contributed by atoms with Crippen LogP contribution in [0.2, 0.25) is 0 Å². The lowest BCUT2D eigenvalue weighted by atomic mass is 10.2. The topological polar surface area (TPSA) is 93.6 Å². The number of aromatic amines is 1. The molecule has 3 aromatic rings. The number of benzene rings is 1. The monoisotopic (exact) mass is 285 g/mol. The van der Waals surface area contributed by atoms with Crippen molar-refractivity contribution in [1.82, 2.24) is 20.1 Å². The second-order valence-electron chi connectivity index (χ2n) is 4.21. The molecule has 0 bridgehead atoms. The fourth-order valence-corrected chi connectivity index (χ4v) is 1.81. The molecule has 2 heterocycles. The zero-order valence-corrected chi connectivity index (χ0v) is 12.2. The van der Waals surface area contributed by atoms with Gasteiger partial charge in [-0.2, -0.15) is 4.98 Å². The largest absolute Gasteiger partial charge is 0.348 e. The van der Waals surface area contributed by atoms with Gasteiger partial charge < -0.3 is 15.2 Å². The third-order valence-corrected chi connectivity index (χ3v) is 2.79. The van der Waals surface area contributed by atoms with E-state index in [9.17, 15) is 0 Å². The Balaban J connectivity index is 0.000000774. The predicted octanol–water partition coefficient (Wildman–Crippen LogP) is 2.73.